The number of fused-ring (bicyclic) bond motifs is 1. The van der Waals surface area contributed by atoms with E-state index in [4.69, 9.17) is 26.4 Å². The van der Waals surface area contributed by atoms with E-state index in [1.54, 1.807) is 14.2 Å². The van der Waals surface area contributed by atoms with Gasteiger partial charge in [0.25, 0.3) is 5.91 Å². The molecule has 170 valence electrons. The fourth-order valence-electron chi connectivity index (χ4n) is 4.20. The van der Waals surface area contributed by atoms with Crippen LogP contribution in [0.1, 0.15) is 22.6 Å². The van der Waals surface area contributed by atoms with Crippen LogP contribution in [0.15, 0.2) is 89.4 Å². The van der Waals surface area contributed by atoms with Crippen molar-refractivity contribution in [1.29, 1.82) is 0 Å². The van der Waals surface area contributed by atoms with E-state index >= 15 is 0 Å². The molecule has 1 atom stereocenters. The van der Waals surface area contributed by atoms with Gasteiger partial charge in [0.05, 0.1) is 19.1 Å². The van der Waals surface area contributed by atoms with E-state index in [9.17, 15) is 4.79 Å². The van der Waals surface area contributed by atoms with Crippen LogP contribution in [0, 0.1) is 0 Å². The second-order valence-electron chi connectivity index (χ2n) is 7.69. The van der Waals surface area contributed by atoms with Crippen molar-refractivity contribution >= 4 is 40.0 Å². The van der Waals surface area contributed by atoms with E-state index in [0.717, 1.165) is 28.0 Å². The molecule has 5 rings (SSSR count). The van der Waals surface area contributed by atoms with Gasteiger partial charge < -0.3 is 19.5 Å². The molecule has 1 saturated heterocycles. The van der Waals surface area contributed by atoms with E-state index in [2.05, 4.69) is 23.5 Å². The summed E-state index contributed by atoms with van der Waals surface area (Å²) in [6.07, 6.45) is 1.89. The van der Waals surface area contributed by atoms with Gasteiger partial charge in [0.2, 0.25) is 0 Å². The molecular weight excluding hydrogens is 466 g/mol. The Labute approximate surface area is 207 Å². The van der Waals surface area contributed by atoms with Crippen molar-refractivity contribution in [2.45, 2.75) is 5.92 Å². The van der Waals surface area contributed by atoms with Crippen LogP contribution in [-0.4, -0.2) is 24.4 Å². The highest BCUT2D eigenvalue weighted by Crippen LogP contribution is 2.48. The first kappa shape index (κ1) is 22.3. The Morgan fingerprint density at radius 2 is 1.71 bits per heavy atom. The summed E-state index contributed by atoms with van der Waals surface area (Å²) in [5.41, 5.74) is 3.79. The lowest BCUT2D eigenvalue weighted by atomic mass is 9.81. The number of hydrogen-bond acceptors (Lipinski definition) is 6. The number of rotatable bonds is 5. The second kappa shape index (κ2) is 9.37. The smallest absolute Gasteiger partial charge is 0.263 e. The van der Waals surface area contributed by atoms with Gasteiger partial charge in [-0.25, -0.2) is 0 Å². The van der Waals surface area contributed by atoms with Gasteiger partial charge in [0.1, 0.15) is 15.8 Å². The molecule has 0 unspecified atom stereocenters. The van der Waals surface area contributed by atoms with Crippen molar-refractivity contribution in [1.82, 2.24) is 5.32 Å². The molecule has 0 spiro atoms. The summed E-state index contributed by atoms with van der Waals surface area (Å²) in [4.78, 5) is 13.1. The average Bonchev–Trinajstić information content (AvgIpc) is 3.19. The first-order valence-electron chi connectivity index (χ1n) is 10.6. The maximum Gasteiger partial charge on any atom is 0.263 e. The minimum Gasteiger partial charge on any atom is -0.493 e. The van der Waals surface area contributed by atoms with Gasteiger partial charge >= 0.3 is 0 Å². The number of para-hydroxylation sites is 1. The summed E-state index contributed by atoms with van der Waals surface area (Å²) < 4.78 is 17.9. The van der Waals surface area contributed by atoms with E-state index in [1.807, 2.05) is 60.7 Å². The molecule has 7 heteroatoms. The van der Waals surface area contributed by atoms with Crippen molar-refractivity contribution < 1.29 is 19.0 Å². The quantitative estimate of drug-likeness (QED) is 0.370. The number of nitrogens with one attached hydrogen (secondary N) is 1. The molecule has 0 aliphatic carbocycles. The van der Waals surface area contributed by atoms with Gasteiger partial charge in [-0.3, -0.25) is 4.79 Å². The zero-order valence-corrected chi connectivity index (χ0v) is 20.2. The predicted octanol–water partition coefficient (Wildman–Crippen LogP) is 5.67. The number of benzene rings is 3. The number of thiocarbonyl (C=S) groups is 1. The monoisotopic (exact) mass is 487 g/mol. The standard InChI is InChI=1S/C27H21NO4S2/c1-30-21-13-12-17(14-22(21)31-2)25-19(15-23-26(29)28-27(33)34-23)24(16-8-4-3-5-9-16)18-10-6-7-11-20(18)32-25/h3-15,24H,1-2H3,(H,28,29,33)/b23-15+/t24-/m0/s1. The van der Waals surface area contributed by atoms with Crippen LogP contribution in [0.3, 0.4) is 0 Å². The number of thioether (sulfide) groups is 1. The molecule has 34 heavy (non-hydrogen) atoms. The summed E-state index contributed by atoms with van der Waals surface area (Å²) in [7, 11) is 3.20. The highest BCUT2D eigenvalue weighted by atomic mass is 32.2. The van der Waals surface area contributed by atoms with Crippen molar-refractivity contribution in [3.63, 3.8) is 0 Å². The molecule has 3 aromatic carbocycles. The Hall–Kier alpha value is -3.55. The molecule has 0 saturated carbocycles. The SMILES string of the molecule is COc1ccc(C2=C(/C=C3/SC(=S)NC3=O)[C@@H](c3ccccc3)c3ccccc3O2)cc1OC. The maximum absolute atomic E-state index is 12.6. The Bertz CT molecular complexity index is 1350. The normalized spacial score (nSPS) is 18.4. The molecular formula is C27H21NO4S2. The summed E-state index contributed by atoms with van der Waals surface area (Å²) in [6, 6.07) is 23.8. The first-order valence-corrected chi connectivity index (χ1v) is 11.8. The number of hydrogen-bond donors (Lipinski definition) is 1. The van der Waals surface area contributed by atoms with E-state index < -0.39 is 0 Å². The van der Waals surface area contributed by atoms with Gasteiger partial charge in [-0.2, -0.15) is 0 Å². The van der Waals surface area contributed by atoms with Gasteiger partial charge in [-0.1, -0.05) is 72.5 Å². The van der Waals surface area contributed by atoms with Crippen LogP contribution < -0.4 is 19.5 Å². The lowest BCUT2D eigenvalue weighted by molar-refractivity contribution is -0.115. The number of carbonyl (C=O) groups is 1. The average molecular weight is 488 g/mol. The predicted molar refractivity (Wildman–Crippen MR) is 138 cm³/mol. The zero-order chi connectivity index (χ0) is 23.7. The molecule has 0 radical (unpaired) electrons. The Morgan fingerprint density at radius 1 is 0.971 bits per heavy atom. The van der Waals surface area contributed by atoms with E-state index in [0.29, 0.717) is 26.5 Å². The summed E-state index contributed by atoms with van der Waals surface area (Å²) >= 11 is 6.48. The molecule has 1 amide bonds. The molecule has 3 aromatic rings. The third kappa shape index (κ3) is 4.08. The molecule has 1 N–H and O–H groups in total. The minimum absolute atomic E-state index is 0.149. The summed E-state index contributed by atoms with van der Waals surface area (Å²) in [5.74, 6) is 2.27. The highest BCUT2D eigenvalue weighted by molar-refractivity contribution is 8.26. The van der Waals surface area contributed by atoms with Crippen LogP contribution in [0.25, 0.3) is 5.76 Å². The number of allylic oxidation sites excluding steroid dienone is 2. The maximum atomic E-state index is 12.6. The summed E-state index contributed by atoms with van der Waals surface area (Å²) in [6.45, 7) is 0. The van der Waals surface area contributed by atoms with Gasteiger partial charge in [0.15, 0.2) is 11.5 Å². The lowest BCUT2D eigenvalue weighted by Crippen LogP contribution is -2.19. The molecule has 2 heterocycles. The van der Waals surface area contributed by atoms with Gasteiger partial charge in [-0.05, 0) is 35.9 Å². The third-order valence-electron chi connectivity index (χ3n) is 5.72. The van der Waals surface area contributed by atoms with E-state index in [1.165, 1.54) is 11.8 Å². The molecule has 2 aliphatic heterocycles. The topological polar surface area (TPSA) is 56.8 Å². The van der Waals surface area contributed by atoms with Crippen molar-refractivity contribution in [3.05, 3.63) is 106 Å². The van der Waals surface area contributed by atoms with Gasteiger partial charge in [0, 0.05) is 22.6 Å². The first-order chi connectivity index (χ1) is 16.6. The van der Waals surface area contributed by atoms with Crippen molar-refractivity contribution in [3.8, 4) is 17.2 Å². The fourth-order valence-corrected chi connectivity index (χ4v) is 5.23. The Morgan fingerprint density at radius 3 is 2.41 bits per heavy atom. The van der Waals surface area contributed by atoms with E-state index in [-0.39, 0.29) is 11.8 Å². The number of ether oxygens (including phenoxy) is 3. The largest absolute Gasteiger partial charge is 0.493 e. The number of amides is 1. The minimum atomic E-state index is -0.208. The number of carbonyl (C=O) groups excluding carboxylic acids is 1. The van der Waals surface area contributed by atoms with Crippen LogP contribution in [-0.2, 0) is 4.79 Å². The second-order valence-corrected chi connectivity index (χ2v) is 9.41. The molecule has 0 bridgehead atoms. The van der Waals surface area contributed by atoms with Crippen molar-refractivity contribution in [2.75, 3.05) is 14.2 Å². The number of methoxy groups -OCH3 is 2. The lowest BCUT2D eigenvalue weighted by Gasteiger charge is -2.30. The van der Waals surface area contributed by atoms with Crippen LogP contribution in [0.2, 0.25) is 0 Å². The van der Waals surface area contributed by atoms with Crippen LogP contribution >= 0.6 is 24.0 Å². The third-order valence-corrected chi connectivity index (χ3v) is 6.89. The van der Waals surface area contributed by atoms with Crippen LogP contribution in [0.4, 0.5) is 0 Å². The molecule has 0 aromatic heterocycles. The van der Waals surface area contributed by atoms with Crippen LogP contribution in [0.5, 0.6) is 17.2 Å². The Kier molecular flexibility index (Phi) is 6.13. The highest BCUT2D eigenvalue weighted by Gasteiger charge is 2.33. The molecule has 2 aliphatic rings. The fraction of sp³-hybridized carbons (Fsp3) is 0.111. The zero-order valence-electron chi connectivity index (χ0n) is 18.5. The molecule has 5 nitrogen and oxygen atoms in total. The Balaban J connectivity index is 1.78. The van der Waals surface area contributed by atoms with Gasteiger partial charge in [-0.15, -0.1) is 0 Å². The molecule has 1 fully saturated rings. The summed E-state index contributed by atoms with van der Waals surface area (Å²) in [5, 5.41) is 2.71. The van der Waals surface area contributed by atoms with Crippen molar-refractivity contribution in [2.24, 2.45) is 0 Å².